The molecule has 108 valence electrons. The van der Waals surface area contributed by atoms with Gasteiger partial charge in [-0.05, 0) is 31.4 Å². The number of sulfonamides is 1. The second-order valence-electron chi connectivity index (χ2n) is 5.51. The van der Waals surface area contributed by atoms with Crippen LogP contribution in [0.5, 0.6) is 0 Å². The van der Waals surface area contributed by atoms with Crippen molar-refractivity contribution in [2.45, 2.75) is 31.8 Å². The molecule has 2 bridgehead atoms. The molecule has 2 saturated heterocycles. The molecule has 0 aliphatic carbocycles. The van der Waals surface area contributed by atoms with Gasteiger partial charge in [0.2, 0.25) is 10.0 Å². The molecule has 0 aromatic heterocycles. The van der Waals surface area contributed by atoms with Gasteiger partial charge in [0.05, 0.1) is 13.2 Å². The van der Waals surface area contributed by atoms with Gasteiger partial charge in [-0.25, -0.2) is 8.42 Å². The van der Waals surface area contributed by atoms with Crippen LogP contribution in [0.4, 0.5) is 0 Å². The average molecular weight is 293 g/mol. The van der Waals surface area contributed by atoms with Gasteiger partial charge in [0.25, 0.3) is 0 Å². The third-order valence-electron chi connectivity index (χ3n) is 3.98. The third-order valence-corrected chi connectivity index (χ3v) is 5.64. The third kappa shape index (κ3) is 2.66. The summed E-state index contributed by atoms with van der Waals surface area (Å²) in [7, 11) is -3.35. The highest BCUT2D eigenvalue weighted by molar-refractivity contribution is 7.92. The zero-order chi connectivity index (χ0) is 14.2. The Balaban J connectivity index is 1.80. The summed E-state index contributed by atoms with van der Waals surface area (Å²) in [5.74, 6) is 0. The van der Waals surface area contributed by atoms with E-state index in [-0.39, 0.29) is 12.1 Å². The Hall–Kier alpha value is -1.17. The van der Waals surface area contributed by atoms with Crippen LogP contribution >= 0.6 is 0 Å². The predicted molar refractivity (Wildman–Crippen MR) is 78.6 cm³/mol. The van der Waals surface area contributed by atoms with Crippen molar-refractivity contribution in [1.29, 1.82) is 0 Å². The molecule has 1 aromatic rings. The maximum Gasteiger partial charge on any atom is 0.236 e. The molecule has 2 fully saturated rings. The lowest BCUT2D eigenvalue weighted by molar-refractivity contribution is 0.0275. The van der Waals surface area contributed by atoms with Crippen molar-refractivity contribution >= 4 is 16.1 Å². The second kappa shape index (κ2) is 5.31. The van der Waals surface area contributed by atoms with Gasteiger partial charge in [-0.2, -0.15) is 4.31 Å². The van der Waals surface area contributed by atoms with E-state index in [1.807, 2.05) is 31.2 Å². The number of morpholine rings is 1. The van der Waals surface area contributed by atoms with E-state index in [9.17, 15) is 8.42 Å². The molecule has 4 nitrogen and oxygen atoms in total. The molecule has 2 heterocycles. The fraction of sp³-hybridized carbons (Fsp3) is 0.467. The normalized spacial score (nSPS) is 27.2. The largest absolute Gasteiger partial charge is 0.378 e. The number of benzene rings is 1. The molecule has 2 atom stereocenters. The Morgan fingerprint density at radius 2 is 1.75 bits per heavy atom. The van der Waals surface area contributed by atoms with Crippen LogP contribution in [-0.2, 0) is 14.8 Å². The number of fused-ring (bicyclic) bond motifs is 2. The number of ether oxygens (including phenoxy) is 1. The van der Waals surface area contributed by atoms with Gasteiger partial charge in [-0.15, -0.1) is 0 Å². The van der Waals surface area contributed by atoms with E-state index in [2.05, 4.69) is 0 Å². The number of hydrogen-bond donors (Lipinski definition) is 0. The number of hydrogen-bond acceptors (Lipinski definition) is 3. The minimum absolute atomic E-state index is 0.0152. The summed E-state index contributed by atoms with van der Waals surface area (Å²) in [5, 5.41) is 1.33. The maximum atomic E-state index is 12.5. The molecule has 20 heavy (non-hydrogen) atoms. The topological polar surface area (TPSA) is 46.6 Å². The molecule has 0 radical (unpaired) electrons. The Labute approximate surface area is 120 Å². The van der Waals surface area contributed by atoms with Gasteiger partial charge in [0.1, 0.15) is 0 Å². The van der Waals surface area contributed by atoms with E-state index in [0.29, 0.717) is 13.2 Å². The first-order chi connectivity index (χ1) is 9.56. The van der Waals surface area contributed by atoms with Crippen molar-refractivity contribution < 1.29 is 13.2 Å². The summed E-state index contributed by atoms with van der Waals surface area (Å²) >= 11 is 0. The summed E-state index contributed by atoms with van der Waals surface area (Å²) in [5.41, 5.74) is 2.07. The molecule has 0 spiro atoms. The monoisotopic (exact) mass is 293 g/mol. The molecule has 0 saturated carbocycles. The fourth-order valence-corrected chi connectivity index (χ4v) is 4.55. The fourth-order valence-electron chi connectivity index (χ4n) is 2.92. The summed E-state index contributed by atoms with van der Waals surface area (Å²) in [6.07, 6.45) is 3.48. The summed E-state index contributed by atoms with van der Waals surface area (Å²) in [6.45, 7) is 3.05. The molecule has 5 heteroatoms. The molecule has 0 unspecified atom stereocenters. The first-order valence-corrected chi connectivity index (χ1v) is 8.42. The van der Waals surface area contributed by atoms with Gasteiger partial charge in [-0.3, -0.25) is 0 Å². The van der Waals surface area contributed by atoms with Crippen LogP contribution in [0.3, 0.4) is 0 Å². The molecule has 0 N–H and O–H groups in total. The lowest BCUT2D eigenvalue weighted by Crippen LogP contribution is -2.48. The number of nitrogens with zero attached hydrogens (tertiary/aromatic N) is 1. The van der Waals surface area contributed by atoms with E-state index in [1.54, 1.807) is 10.4 Å². The number of aryl methyl sites for hydroxylation is 1. The summed E-state index contributed by atoms with van der Waals surface area (Å²) in [6, 6.07) is 7.84. The first-order valence-electron chi connectivity index (χ1n) is 6.92. The zero-order valence-electron chi connectivity index (χ0n) is 11.5. The molecular formula is C15H19NO3S. The van der Waals surface area contributed by atoms with Crippen LogP contribution in [0.15, 0.2) is 29.7 Å². The summed E-state index contributed by atoms with van der Waals surface area (Å²) in [4.78, 5) is 0. The van der Waals surface area contributed by atoms with Crippen molar-refractivity contribution in [3.63, 3.8) is 0 Å². The molecule has 3 rings (SSSR count). The predicted octanol–water partition coefficient (Wildman–Crippen LogP) is 2.16. The Bertz CT molecular complexity index is 591. The summed E-state index contributed by atoms with van der Waals surface area (Å²) < 4.78 is 32.0. The van der Waals surface area contributed by atoms with Crippen molar-refractivity contribution in [3.05, 3.63) is 40.8 Å². The smallest absolute Gasteiger partial charge is 0.236 e. The van der Waals surface area contributed by atoms with E-state index < -0.39 is 10.0 Å². The van der Waals surface area contributed by atoms with E-state index >= 15 is 0 Å². The maximum absolute atomic E-state index is 12.5. The van der Waals surface area contributed by atoms with Crippen LogP contribution in [0.1, 0.15) is 24.0 Å². The van der Waals surface area contributed by atoms with Gasteiger partial charge < -0.3 is 4.74 Å². The van der Waals surface area contributed by atoms with Gasteiger partial charge >= 0.3 is 0 Å². The van der Waals surface area contributed by atoms with Crippen molar-refractivity contribution in [2.75, 3.05) is 13.2 Å². The Kier molecular flexibility index (Phi) is 3.67. The lowest BCUT2D eigenvalue weighted by Gasteiger charge is -2.32. The molecule has 2 aliphatic rings. The van der Waals surface area contributed by atoms with E-state index in [4.69, 9.17) is 4.74 Å². The minimum atomic E-state index is -3.35. The van der Waals surface area contributed by atoms with Gasteiger partial charge in [0.15, 0.2) is 0 Å². The van der Waals surface area contributed by atoms with E-state index in [1.165, 1.54) is 5.41 Å². The van der Waals surface area contributed by atoms with Crippen molar-refractivity contribution in [2.24, 2.45) is 0 Å². The van der Waals surface area contributed by atoms with Gasteiger partial charge in [0, 0.05) is 17.5 Å². The molecule has 2 aliphatic heterocycles. The van der Waals surface area contributed by atoms with Gasteiger partial charge in [-0.1, -0.05) is 29.8 Å². The van der Waals surface area contributed by atoms with Crippen LogP contribution < -0.4 is 0 Å². The minimum Gasteiger partial charge on any atom is -0.378 e. The lowest BCUT2D eigenvalue weighted by atomic mass is 10.2. The number of rotatable bonds is 3. The Morgan fingerprint density at radius 1 is 1.15 bits per heavy atom. The average Bonchev–Trinajstić information content (AvgIpc) is 2.70. The highest BCUT2D eigenvalue weighted by Gasteiger charge is 2.43. The highest BCUT2D eigenvalue weighted by Crippen LogP contribution is 2.32. The molecule has 1 aromatic carbocycles. The SMILES string of the molecule is Cc1ccc(/C=C/S(=O)(=O)N2[C@@H]3CC[C@H]2COC3)cc1. The van der Waals surface area contributed by atoms with Crippen LogP contribution in [-0.4, -0.2) is 38.0 Å². The van der Waals surface area contributed by atoms with Crippen LogP contribution in [0.25, 0.3) is 6.08 Å². The van der Waals surface area contributed by atoms with Crippen LogP contribution in [0.2, 0.25) is 0 Å². The Morgan fingerprint density at radius 3 is 2.35 bits per heavy atom. The molecule has 0 amide bonds. The first kappa shape index (κ1) is 13.8. The zero-order valence-corrected chi connectivity index (χ0v) is 12.3. The van der Waals surface area contributed by atoms with E-state index in [0.717, 1.165) is 24.0 Å². The quantitative estimate of drug-likeness (QED) is 0.858. The molecular weight excluding hydrogens is 274 g/mol. The standard InChI is InChI=1S/C15H19NO3S/c1-12-2-4-13(5-3-12)8-9-20(17,18)16-14-6-7-15(16)11-19-10-14/h2-5,8-9,14-15H,6-7,10-11H2,1H3/b9-8+/t14-,15+. The van der Waals surface area contributed by atoms with Crippen LogP contribution in [0, 0.1) is 6.92 Å². The van der Waals surface area contributed by atoms with Crippen molar-refractivity contribution in [3.8, 4) is 0 Å². The second-order valence-corrected chi connectivity index (χ2v) is 7.23. The highest BCUT2D eigenvalue weighted by atomic mass is 32.2. The van der Waals surface area contributed by atoms with Crippen molar-refractivity contribution in [1.82, 2.24) is 4.31 Å².